The zero-order chi connectivity index (χ0) is 17.5. The highest BCUT2D eigenvalue weighted by Gasteiger charge is 2.65. The fraction of sp³-hybridized carbons (Fsp3) is 0.316. The Morgan fingerprint density at radius 1 is 0.958 bits per heavy atom. The molecule has 0 saturated carbocycles. The Hall–Kier alpha value is -1.90. The molecule has 5 heteroatoms. The van der Waals surface area contributed by atoms with Gasteiger partial charge in [0.1, 0.15) is 6.04 Å². The van der Waals surface area contributed by atoms with Crippen LogP contribution in [-0.2, 0) is 9.36 Å². The highest BCUT2D eigenvalue weighted by Crippen LogP contribution is 2.62. The summed E-state index contributed by atoms with van der Waals surface area (Å²) in [5.41, 5.74) is -0.276. The van der Waals surface area contributed by atoms with Crippen LogP contribution in [0, 0.1) is 5.41 Å². The van der Waals surface area contributed by atoms with E-state index in [9.17, 15) is 14.5 Å². The second kappa shape index (κ2) is 5.87. The van der Waals surface area contributed by atoms with Crippen LogP contribution in [0.25, 0.3) is 0 Å². The van der Waals surface area contributed by atoms with Crippen LogP contribution in [-0.4, -0.2) is 27.8 Å². The molecule has 0 aliphatic carbocycles. The Balaban J connectivity index is 2.17. The van der Waals surface area contributed by atoms with Crippen molar-refractivity contribution in [2.75, 3.05) is 0 Å². The van der Waals surface area contributed by atoms with Gasteiger partial charge in [-0.3, -0.25) is 9.36 Å². The van der Waals surface area contributed by atoms with Crippen molar-refractivity contribution in [1.29, 1.82) is 0 Å². The SMILES string of the molecule is CC(C)(C)[C@@H]1[C@H](C(=O)O)N1P(=O)(c1ccccc1)c1ccccc1. The molecule has 1 heterocycles. The van der Waals surface area contributed by atoms with E-state index in [1.165, 1.54) is 0 Å². The standard InChI is InChI=1S/C19H22NO3P/c1-19(2,3)17-16(18(21)22)20(17)24(23,14-10-6-4-7-11-14)15-12-8-5-9-13-15/h4-13,16-17H,1-3H3,(H,21,22)/t16-,17+,20?/m1/s1. The van der Waals surface area contributed by atoms with Gasteiger partial charge in [0.15, 0.2) is 0 Å². The van der Waals surface area contributed by atoms with Gasteiger partial charge in [0, 0.05) is 16.7 Å². The van der Waals surface area contributed by atoms with E-state index in [4.69, 9.17) is 0 Å². The minimum Gasteiger partial charge on any atom is -0.480 e. The highest BCUT2D eigenvalue weighted by atomic mass is 31.2. The van der Waals surface area contributed by atoms with E-state index in [1.54, 1.807) is 4.67 Å². The number of benzene rings is 2. The van der Waals surface area contributed by atoms with Crippen molar-refractivity contribution in [2.45, 2.75) is 32.9 Å². The molecule has 1 aliphatic rings. The second-order valence-electron chi connectivity index (χ2n) is 7.22. The van der Waals surface area contributed by atoms with Gasteiger partial charge in [-0.1, -0.05) is 57.2 Å². The molecule has 3 atom stereocenters. The second-order valence-corrected chi connectivity index (χ2v) is 9.87. The van der Waals surface area contributed by atoms with Crippen molar-refractivity contribution >= 4 is 23.9 Å². The molecule has 2 aromatic carbocycles. The molecule has 1 fully saturated rings. The number of rotatable bonds is 4. The van der Waals surface area contributed by atoms with Crippen LogP contribution < -0.4 is 10.6 Å². The maximum absolute atomic E-state index is 14.2. The third kappa shape index (κ3) is 2.70. The molecule has 0 spiro atoms. The lowest BCUT2D eigenvalue weighted by Gasteiger charge is -2.25. The molecule has 126 valence electrons. The maximum Gasteiger partial charge on any atom is 0.323 e. The number of carbonyl (C=O) groups is 1. The topological polar surface area (TPSA) is 57.4 Å². The van der Waals surface area contributed by atoms with Gasteiger partial charge in [0.2, 0.25) is 7.29 Å². The van der Waals surface area contributed by atoms with Gasteiger partial charge in [-0.25, -0.2) is 4.67 Å². The lowest BCUT2D eigenvalue weighted by molar-refractivity contribution is -0.137. The molecule has 1 saturated heterocycles. The van der Waals surface area contributed by atoms with E-state index >= 15 is 0 Å². The zero-order valence-corrected chi connectivity index (χ0v) is 15.0. The summed E-state index contributed by atoms with van der Waals surface area (Å²) in [6, 6.07) is 17.4. The van der Waals surface area contributed by atoms with Crippen molar-refractivity contribution in [1.82, 2.24) is 4.67 Å². The summed E-state index contributed by atoms with van der Waals surface area (Å²) < 4.78 is 15.9. The molecule has 3 rings (SSSR count). The van der Waals surface area contributed by atoms with Gasteiger partial charge in [-0.2, -0.15) is 0 Å². The van der Waals surface area contributed by atoms with Gasteiger partial charge in [0.25, 0.3) is 0 Å². The van der Waals surface area contributed by atoms with E-state index in [2.05, 4.69) is 0 Å². The Labute approximate surface area is 142 Å². The van der Waals surface area contributed by atoms with Crippen LogP contribution in [0.4, 0.5) is 0 Å². The Bertz CT molecular complexity index is 740. The van der Waals surface area contributed by atoms with Gasteiger partial charge >= 0.3 is 5.97 Å². The van der Waals surface area contributed by atoms with E-state index in [-0.39, 0.29) is 11.5 Å². The number of nitrogens with zero attached hydrogens (tertiary/aromatic N) is 1. The molecule has 1 N–H and O–H groups in total. The predicted molar refractivity (Wildman–Crippen MR) is 96.3 cm³/mol. The molecule has 0 bridgehead atoms. The van der Waals surface area contributed by atoms with Crippen LogP contribution in [0.2, 0.25) is 0 Å². The van der Waals surface area contributed by atoms with Crippen LogP contribution in [0.1, 0.15) is 20.8 Å². The molecular weight excluding hydrogens is 321 g/mol. The summed E-state index contributed by atoms with van der Waals surface area (Å²) in [4.78, 5) is 11.8. The Morgan fingerprint density at radius 3 is 1.67 bits per heavy atom. The number of aliphatic carboxylic acids is 1. The minimum atomic E-state index is -3.20. The average Bonchev–Trinajstić information content (AvgIpc) is 3.32. The third-order valence-electron chi connectivity index (χ3n) is 4.46. The Morgan fingerprint density at radius 2 is 1.38 bits per heavy atom. The van der Waals surface area contributed by atoms with Gasteiger partial charge in [-0.15, -0.1) is 0 Å². The minimum absolute atomic E-state index is 0.263. The fourth-order valence-corrected chi connectivity index (χ4v) is 6.69. The van der Waals surface area contributed by atoms with E-state index in [0.29, 0.717) is 10.6 Å². The van der Waals surface area contributed by atoms with Crippen LogP contribution in [0.3, 0.4) is 0 Å². The predicted octanol–water partition coefficient (Wildman–Crippen LogP) is 3.10. The van der Waals surface area contributed by atoms with Crippen LogP contribution in [0.5, 0.6) is 0 Å². The third-order valence-corrected chi connectivity index (χ3v) is 7.60. The summed E-state index contributed by atoms with van der Waals surface area (Å²) in [5, 5.41) is 11.0. The molecule has 24 heavy (non-hydrogen) atoms. The van der Waals surface area contributed by atoms with Gasteiger partial charge in [-0.05, 0) is 29.7 Å². The largest absolute Gasteiger partial charge is 0.480 e. The zero-order valence-electron chi connectivity index (χ0n) is 14.1. The van der Waals surface area contributed by atoms with Crippen molar-refractivity contribution in [3.05, 3.63) is 60.7 Å². The molecular formula is C19H22NO3P. The summed E-state index contributed by atoms with van der Waals surface area (Å²) in [6.45, 7) is 5.98. The lowest BCUT2D eigenvalue weighted by Crippen LogP contribution is -2.26. The summed E-state index contributed by atoms with van der Waals surface area (Å²) in [5.74, 6) is -0.915. The first-order valence-corrected chi connectivity index (χ1v) is 9.67. The summed E-state index contributed by atoms with van der Waals surface area (Å²) in [7, 11) is -3.20. The first kappa shape index (κ1) is 16.9. The quantitative estimate of drug-likeness (QED) is 0.685. The normalized spacial score (nSPS) is 23.7. The molecule has 0 aromatic heterocycles. The average molecular weight is 343 g/mol. The fourth-order valence-electron chi connectivity index (χ4n) is 3.36. The molecule has 4 nitrogen and oxygen atoms in total. The van der Waals surface area contributed by atoms with Crippen molar-refractivity contribution in [3.63, 3.8) is 0 Å². The van der Waals surface area contributed by atoms with Gasteiger partial charge < -0.3 is 5.11 Å². The number of carboxylic acid groups (broad SMARTS) is 1. The first-order valence-electron chi connectivity index (χ1n) is 8.01. The van der Waals surface area contributed by atoms with E-state index in [1.807, 2.05) is 81.4 Å². The molecule has 0 amide bonds. The molecule has 2 aromatic rings. The number of carboxylic acids is 1. The Kier molecular flexibility index (Phi) is 4.15. The summed E-state index contributed by atoms with van der Waals surface area (Å²) >= 11 is 0. The van der Waals surface area contributed by atoms with Crippen LogP contribution >= 0.6 is 7.29 Å². The van der Waals surface area contributed by atoms with Crippen molar-refractivity contribution in [2.24, 2.45) is 5.41 Å². The number of hydrogen-bond acceptors (Lipinski definition) is 2. The van der Waals surface area contributed by atoms with Crippen molar-refractivity contribution in [3.8, 4) is 0 Å². The summed E-state index contributed by atoms with van der Waals surface area (Å²) in [6.07, 6.45) is 0. The van der Waals surface area contributed by atoms with E-state index < -0.39 is 19.3 Å². The monoisotopic (exact) mass is 343 g/mol. The van der Waals surface area contributed by atoms with E-state index in [0.717, 1.165) is 0 Å². The first-order chi connectivity index (χ1) is 11.3. The smallest absolute Gasteiger partial charge is 0.323 e. The molecule has 1 aliphatic heterocycles. The number of hydrogen-bond donors (Lipinski definition) is 1. The maximum atomic E-state index is 14.2. The van der Waals surface area contributed by atoms with Crippen molar-refractivity contribution < 1.29 is 14.5 Å². The highest BCUT2D eigenvalue weighted by molar-refractivity contribution is 7.76. The molecule has 1 unspecified atom stereocenters. The van der Waals surface area contributed by atoms with Gasteiger partial charge in [0.05, 0.1) is 0 Å². The van der Waals surface area contributed by atoms with Crippen LogP contribution in [0.15, 0.2) is 60.7 Å². The molecule has 0 radical (unpaired) electrons. The lowest BCUT2D eigenvalue weighted by atomic mass is 9.90.